The second-order valence-electron chi connectivity index (χ2n) is 17.5. The average Bonchev–Trinajstić information content (AvgIpc) is 3.59. The van der Waals surface area contributed by atoms with Crippen molar-refractivity contribution in [3.8, 4) is 22.3 Å². The summed E-state index contributed by atoms with van der Waals surface area (Å²) in [7, 11) is 0. The lowest BCUT2D eigenvalue weighted by atomic mass is 9.82. The topological polar surface area (TPSA) is 9.72 Å². The first-order valence-electron chi connectivity index (χ1n) is 22.5. The van der Waals surface area contributed by atoms with Crippen LogP contribution in [0.1, 0.15) is 30.5 Å². The van der Waals surface area contributed by atoms with Crippen molar-refractivity contribution < 1.29 is 0 Å². The van der Waals surface area contributed by atoms with Gasteiger partial charge in [-0.25, -0.2) is 0 Å². The van der Waals surface area contributed by atoms with Crippen LogP contribution >= 0.6 is 0 Å². The summed E-state index contributed by atoms with van der Waals surface area (Å²) < 4.78 is 0. The molecule has 0 saturated heterocycles. The third-order valence-electron chi connectivity index (χ3n) is 13.1. The molecule has 11 rings (SSSR count). The van der Waals surface area contributed by atoms with Crippen LogP contribution < -0.4 is 14.7 Å². The van der Waals surface area contributed by atoms with Crippen LogP contribution in [0.4, 0.5) is 51.2 Å². The number of hydrogen-bond donors (Lipinski definition) is 0. The largest absolute Gasteiger partial charge is 0.310 e. The Morgan fingerprint density at radius 1 is 0.323 bits per heavy atom. The van der Waals surface area contributed by atoms with Crippen molar-refractivity contribution in [3.05, 3.63) is 259 Å². The van der Waals surface area contributed by atoms with E-state index in [9.17, 15) is 0 Å². The maximum absolute atomic E-state index is 2.53. The van der Waals surface area contributed by atoms with Crippen LogP contribution in [-0.2, 0) is 5.41 Å². The van der Waals surface area contributed by atoms with Gasteiger partial charge in [-0.15, -0.1) is 0 Å². The van der Waals surface area contributed by atoms with Gasteiger partial charge in [0.05, 0.1) is 22.7 Å². The lowest BCUT2D eigenvalue weighted by Gasteiger charge is -2.34. The Morgan fingerprint density at radius 2 is 0.785 bits per heavy atom. The molecule has 10 aromatic rings. The molecule has 0 N–H and O–H groups in total. The number of nitrogens with zero attached hydrogens (tertiary/aromatic N) is 3. The summed E-state index contributed by atoms with van der Waals surface area (Å²) in [5, 5.41) is 2.35. The van der Waals surface area contributed by atoms with Gasteiger partial charge in [-0.3, -0.25) is 0 Å². The van der Waals surface area contributed by atoms with Crippen LogP contribution in [0.5, 0.6) is 0 Å². The molecule has 0 spiro atoms. The molecule has 0 bridgehead atoms. The molecule has 0 amide bonds. The lowest BCUT2D eigenvalue weighted by Crippen LogP contribution is -2.18. The van der Waals surface area contributed by atoms with Gasteiger partial charge >= 0.3 is 0 Å². The first-order valence-corrected chi connectivity index (χ1v) is 22.5. The van der Waals surface area contributed by atoms with Gasteiger partial charge in [-0.2, -0.15) is 0 Å². The molecule has 0 aliphatic heterocycles. The molecule has 312 valence electrons. The zero-order chi connectivity index (χ0) is 43.9. The first kappa shape index (κ1) is 39.7. The molecule has 0 heterocycles. The fourth-order valence-corrected chi connectivity index (χ4v) is 10.0. The maximum Gasteiger partial charge on any atom is 0.0618 e. The van der Waals surface area contributed by atoms with Gasteiger partial charge in [0.25, 0.3) is 0 Å². The molecular weight excluding hydrogens is 787 g/mol. The molecule has 65 heavy (non-hydrogen) atoms. The molecule has 1 aliphatic carbocycles. The van der Waals surface area contributed by atoms with E-state index in [-0.39, 0.29) is 5.41 Å². The summed E-state index contributed by atoms with van der Waals surface area (Å²) >= 11 is 0. The standard InChI is InChI=1S/C62H49N3/c1-44-22-21-35-58-60(44)57-39-37-51(43-59(57)62(58,2)3)65(61-55-34-20-19-25-46(55)36-38-56(61)45-23-9-4-10-24-45)54-41-52(63(47-26-11-5-12-27-47)48-28-13-6-14-29-48)40-53(42-54)64(49-30-15-7-16-31-49)50-32-17-8-18-33-50/h4-43H,1-3H3. The van der Waals surface area contributed by atoms with Crippen molar-refractivity contribution in [1.82, 2.24) is 0 Å². The van der Waals surface area contributed by atoms with E-state index >= 15 is 0 Å². The van der Waals surface area contributed by atoms with Crippen molar-refractivity contribution in [3.63, 3.8) is 0 Å². The fraction of sp³-hybridized carbons (Fsp3) is 0.0645. The Labute approximate surface area is 382 Å². The van der Waals surface area contributed by atoms with Gasteiger partial charge < -0.3 is 14.7 Å². The number of benzene rings is 10. The van der Waals surface area contributed by atoms with Crippen molar-refractivity contribution in [2.24, 2.45) is 0 Å². The number of fused-ring (bicyclic) bond motifs is 4. The number of para-hydroxylation sites is 4. The van der Waals surface area contributed by atoms with E-state index < -0.39 is 0 Å². The predicted octanol–water partition coefficient (Wildman–Crippen LogP) is 17.5. The summed E-state index contributed by atoms with van der Waals surface area (Å²) in [5.74, 6) is 0. The van der Waals surface area contributed by atoms with Crippen molar-refractivity contribution in [2.45, 2.75) is 26.2 Å². The van der Waals surface area contributed by atoms with E-state index in [2.05, 4.69) is 278 Å². The van der Waals surface area contributed by atoms with E-state index in [1.165, 1.54) is 38.6 Å². The van der Waals surface area contributed by atoms with Gasteiger partial charge in [0.15, 0.2) is 0 Å². The molecule has 0 unspecified atom stereocenters. The Bertz CT molecular complexity index is 3110. The zero-order valence-electron chi connectivity index (χ0n) is 36.9. The summed E-state index contributed by atoms with van der Waals surface area (Å²) in [5.41, 5.74) is 18.4. The van der Waals surface area contributed by atoms with Crippen molar-refractivity contribution >= 4 is 62.0 Å². The Hall–Kier alpha value is -8.14. The van der Waals surface area contributed by atoms with Crippen LogP contribution in [0.2, 0.25) is 0 Å². The lowest BCUT2D eigenvalue weighted by molar-refractivity contribution is 0.660. The van der Waals surface area contributed by atoms with E-state index in [0.717, 1.165) is 62.3 Å². The highest BCUT2D eigenvalue weighted by Crippen LogP contribution is 2.54. The second-order valence-corrected chi connectivity index (χ2v) is 17.5. The quantitative estimate of drug-likeness (QED) is 0.136. The third-order valence-corrected chi connectivity index (χ3v) is 13.1. The molecule has 0 saturated carbocycles. The minimum atomic E-state index is -0.207. The first-order chi connectivity index (χ1) is 31.9. The minimum Gasteiger partial charge on any atom is -0.310 e. The highest BCUT2D eigenvalue weighted by molar-refractivity contribution is 6.07. The molecule has 0 radical (unpaired) electrons. The van der Waals surface area contributed by atoms with Gasteiger partial charge in [0.1, 0.15) is 0 Å². The third kappa shape index (κ3) is 7.12. The van der Waals surface area contributed by atoms with Crippen LogP contribution in [-0.4, -0.2) is 0 Å². The SMILES string of the molecule is Cc1cccc2c1-c1ccc(N(c3cc(N(c4ccccc4)c4ccccc4)cc(N(c4ccccc4)c4ccccc4)c3)c3c(-c4ccccc4)ccc4ccccc34)cc1C2(C)C. The average molecular weight is 836 g/mol. The van der Waals surface area contributed by atoms with E-state index in [0.29, 0.717) is 0 Å². The summed E-state index contributed by atoms with van der Waals surface area (Å²) in [6, 6.07) is 88.2. The van der Waals surface area contributed by atoms with Crippen LogP contribution in [0.15, 0.2) is 243 Å². The molecule has 0 aromatic heterocycles. The molecule has 0 fully saturated rings. The minimum absolute atomic E-state index is 0.207. The van der Waals surface area contributed by atoms with Gasteiger partial charge in [-0.1, -0.05) is 178 Å². The Kier molecular flexibility index (Phi) is 10.1. The summed E-state index contributed by atoms with van der Waals surface area (Å²) in [6.07, 6.45) is 0. The van der Waals surface area contributed by atoms with Gasteiger partial charge in [0, 0.05) is 44.8 Å². The summed E-state index contributed by atoms with van der Waals surface area (Å²) in [4.78, 5) is 7.30. The summed E-state index contributed by atoms with van der Waals surface area (Å²) in [6.45, 7) is 7.01. The molecule has 3 heteroatoms. The smallest absolute Gasteiger partial charge is 0.0618 e. The molecule has 1 aliphatic rings. The van der Waals surface area contributed by atoms with Crippen LogP contribution in [0.3, 0.4) is 0 Å². The van der Waals surface area contributed by atoms with E-state index in [1.807, 2.05) is 0 Å². The maximum atomic E-state index is 2.53. The Morgan fingerprint density at radius 3 is 1.32 bits per heavy atom. The molecular formula is C62H49N3. The van der Waals surface area contributed by atoms with Crippen LogP contribution in [0, 0.1) is 6.92 Å². The van der Waals surface area contributed by atoms with Crippen molar-refractivity contribution in [1.29, 1.82) is 0 Å². The van der Waals surface area contributed by atoms with E-state index in [1.54, 1.807) is 0 Å². The highest BCUT2D eigenvalue weighted by Gasteiger charge is 2.37. The number of hydrogen-bond acceptors (Lipinski definition) is 3. The molecule has 0 atom stereocenters. The predicted molar refractivity (Wildman–Crippen MR) is 276 cm³/mol. The second kappa shape index (κ2) is 16.5. The number of rotatable bonds is 10. The zero-order valence-corrected chi connectivity index (χ0v) is 36.9. The number of aryl methyl sites for hydroxylation is 1. The molecule has 10 aromatic carbocycles. The van der Waals surface area contributed by atoms with Crippen LogP contribution in [0.25, 0.3) is 33.0 Å². The van der Waals surface area contributed by atoms with E-state index in [4.69, 9.17) is 0 Å². The monoisotopic (exact) mass is 835 g/mol. The number of anilines is 9. The van der Waals surface area contributed by atoms with Crippen molar-refractivity contribution in [2.75, 3.05) is 14.7 Å². The normalized spacial score (nSPS) is 12.4. The van der Waals surface area contributed by atoms with Gasteiger partial charge in [-0.05, 0) is 125 Å². The highest BCUT2D eigenvalue weighted by atomic mass is 15.2. The Balaban J connectivity index is 1.26. The molecule has 3 nitrogen and oxygen atoms in total. The fourth-order valence-electron chi connectivity index (χ4n) is 10.0. The van der Waals surface area contributed by atoms with Gasteiger partial charge in [0.2, 0.25) is 0 Å².